The van der Waals surface area contributed by atoms with Gasteiger partial charge in [-0.2, -0.15) is 5.10 Å². The van der Waals surface area contributed by atoms with E-state index in [1.165, 1.54) is 12.8 Å². The van der Waals surface area contributed by atoms with Gasteiger partial charge in [0, 0.05) is 31.6 Å². The van der Waals surface area contributed by atoms with Gasteiger partial charge in [0.05, 0.1) is 11.4 Å². The lowest BCUT2D eigenvalue weighted by molar-refractivity contribution is 0.0678. The van der Waals surface area contributed by atoms with Crippen LogP contribution in [0, 0.1) is 19.8 Å². The average Bonchev–Trinajstić information content (AvgIpc) is 3.42. The number of amides is 1. The van der Waals surface area contributed by atoms with E-state index in [4.69, 9.17) is 4.52 Å². The zero-order chi connectivity index (χ0) is 18.3. The van der Waals surface area contributed by atoms with Crippen LogP contribution in [-0.4, -0.2) is 38.8 Å². The van der Waals surface area contributed by atoms with Gasteiger partial charge in [-0.15, -0.1) is 0 Å². The molecular weight excluding hydrogens is 332 g/mol. The number of hydrogen-bond donors (Lipinski definition) is 0. The number of hydrogen-bond acceptors (Lipinski definition) is 5. The molecule has 2 aliphatic rings. The van der Waals surface area contributed by atoms with Crippen molar-refractivity contribution in [3.8, 4) is 0 Å². The summed E-state index contributed by atoms with van der Waals surface area (Å²) in [5.41, 5.74) is 2.22. The first-order valence-corrected chi connectivity index (χ1v) is 9.33. The van der Waals surface area contributed by atoms with Crippen molar-refractivity contribution in [3.63, 3.8) is 0 Å². The van der Waals surface area contributed by atoms with Gasteiger partial charge >= 0.3 is 0 Å². The Bertz CT molecular complexity index is 854. The van der Waals surface area contributed by atoms with Crippen LogP contribution >= 0.6 is 0 Å². The van der Waals surface area contributed by atoms with Crippen LogP contribution < -0.4 is 5.56 Å². The molecule has 1 saturated carbocycles. The lowest BCUT2D eigenvalue weighted by Gasteiger charge is -2.32. The third-order valence-corrected chi connectivity index (χ3v) is 5.46. The van der Waals surface area contributed by atoms with Crippen molar-refractivity contribution in [2.75, 3.05) is 13.1 Å². The highest BCUT2D eigenvalue weighted by Crippen LogP contribution is 2.38. The van der Waals surface area contributed by atoms with E-state index in [1.807, 2.05) is 11.0 Å². The molecule has 1 aliphatic heterocycles. The molecule has 7 nitrogen and oxygen atoms in total. The van der Waals surface area contributed by atoms with Crippen molar-refractivity contribution >= 4 is 5.91 Å². The second-order valence-electron chi connectivity index (χ2n) is 7.49. The molecule has 1 amide bonds. The van der Waals surface area contributed by atoms with E-state index in [0.29, 0.717) is 48.5 Å². The van der Waals surface area contributed by atoms with Gasteiger partial charge < -0.3 is 9.42 Å². The van der Waals surface area contributed by atoms with Crippen LogP contribution in [0.3, 0.4) is 0 Å². The van der Waals surface area contributed by atoms with Crippen LogP contribution in [0.25, 0.3) is 0 Å². The molecule has 0 aromatic carbocycles. The molecule has 2 aromatic heterocycles. The van der Waals surface area contributed by atoms with Crippen molar-refractivity contribution in [2.24, 2.45) is 5.92 Å². The number of likely N-dealkylation sites (tertiary alicyclic amines) is 1. The van der Waals surface area contributed by atoms with Gasteiger partial charge in [0.1, 0.15) is 11.3 Å². The summed E-state index contributed by atoms with van der Waals surface area (Å²) in [4.78, 5) is 26.7. The minimum Gasteiger partial charge on any atom is -0.361 e. The van der Waals surface area contributed by atoms with E-state index in [0.717, 1.165) is 18.5 Å². The molecule has 1 aliphatic carbocycles. The van der Waals surface area contributed by atoms with E-state index >= 15 is 0 Å². The van der Waals surface area contributed by atoms with Gasteiger partial charge in [-0.25, -0.2) is 4.68 Å². The van der Waals surface area contributed by atoms with Crippen molar-refractivity contribution in [1.82, 2.24) is 19.8 Å². The molecule has 0 unspecified atom stereocenters. The average molecular weight is 356 g/mol. The molecule has 0 spiro atoms. The second kappa shape index (κ2) is 6.70. The fourth-order valence-corrected chi connectivity index (χ4v) is 3.70. The maximum absolute atomic E-state index is 12.7. The van der Waals surface area contributed by atoms with Crippen LogP contribution in [0.4, 0.5) is 0 Å². The largest absolute Gasteiger partial charge is 0.361 e. The quantitative estimate of drug-likeness (QED) is 0.839. The smallest absolute Gasteiger partial charge is 0.266 e. The second-order valence-corrected chi connectivity index (χ2v) is 7.49. The van der Waals surface area contributed by atoms with E-state index in [2.05, 4.69) is 10.3 Å². The molecule has 7 heteroatoms. The summed E-state index contributed by atoms with van der Waals surface area (Å²) < 4.78 is 6.73. The van der Waals surface area contributed by atoms with Crippen LogP contribution in [0.5, 0.6) is 0 Å². The van der Waals surface area contributed by atoms with Crippen LogP contribution in [0.15, 0.2) is 21.5 Å². The predicted molar refractivity (Wildman–Crippen MR) is 95.1 cm³/mol. The fraction of sp³-hybridized carbons (Fsp3) is 0.579. The monoisotopic (exact) mass is 356 g/mol. The maximum atomic E-state index is 12.7. The third kappa shape index (κ3) is 3.30. The van der Waals surface area contributed by atoms with Gasteiger partial charge in [0.2, 0.25) is 0 Å². The number of rotatable bonds is 4. The molecule has 138 valence electrons. The Morgan fingerprint density at radius 3 is 2.54 bits per heavy atom. The molecule has 0 atom stereocenters. The number of nitrogens with zero attached hydrogens (tertiary/aromatic N) is 4. The topological polar surface area (TPSA) is 81.2 Å². The third-order valence-electron chi connectivity index (χ3n) is 5.46. The van der Waals surface area contributed by atoms with Crippen molar-refractivity contribution < 1.29 is 9.32 Å². The molecule has 0 radical (unpaired) electrons. The summed E-state index contributed by atoms with van der Waals surface area (Å²) in [6.45, 7) is 5.56. The molecule has 0 bridgehead atoms. The minimum atomic E-state index is -0.0383. The molecule has 4 rings (SSSR count). The number of aryl methyl sites for hydroxylation is 2. The van der Waals surface area contributed by atoms with Gasteiger partial charge in [-0.3, -0.25) is 9.59 Å². The zero-order valence-corrected chi connectivity index (χ0v) is 15.3. The first-order valence-electron chi connectivity index (χ1n) is 9.33. The summed E-state index contributed by atoms with van der Waals surface area (Å²) in [5, 5.41) is 8.42. The standard InChI is InChI=1S/C19H24N4O3/c1-12-18(13(2)26-21-12)19(25)22-9-7-14(8-10-22)11-23-17(24)6-5-16(20-23)15-3-4-15/h5-6,14-15H,3-4,7-11H2,1-2H3. The molecule has 26 heavy (non-hydrogen) atoms. The van der Waals surface area contributed by atoms with Crippen LogP contribution in [0.2, 0.25) is 0 Å². The summed E-state index contributed by atoms with van der Waals surface area (Å²) in [6.07, 6.45) is 4.09. The first kappa shape index (κ1) is 17.0. The Balaban J connectivity index is 1.39. The van der Waals surface area contributed by atoms with Crippen LogP contribution in [0.1, 0.15) is 59.1 Å². The Hall–Kier alpha value is -2.44. The minimum absolute atomic E-state index is 0.00859. The van der Waals surface area contributed by atoms with Gasteiger partial charge in [0.15, 0.2) is 0 Å². The summed E-state index contributed by atoms with van der Waals surface area (Å²) in [6, 6.07) is 3.50. The highest BCUT2D eigenvalue weighted by molar-refractivity contribution is 5.96. The lowest BCUT2D eigenvalue weighted by atomic mass is 9.96. The SMILES string of the molecule is Cc1noc(C)c1C(=O)N1CCC(Cn2nc(C3CC3)ccc2=O)CC1. The number of carbonyl (C=O) groups is 1. The molecule has 0 N–H and O–H groups in total. The summed E-state index contributed by atoms with van der Waals surface area (Å²) in [7, 11) is 0. The Morgan fingerprint density at radius 2 is 1.92 bits per heavy atom. The fourth-order valence-electron chi connectivity index (χ4n) is 3.70. The van der Waals surface area contributed by atoms with E-state index in [1.54, 1.807) is 24.6 Å². The first-order chi connectivity index (χ1) is 12.5. The van der Waals surface area contributed by atoms with Crippen LogP contribution in [-0.2, 0) is 6.54 Å². The van der Waals surface area contributed by atoms with E-state index < -0.39 is 0 Å². The van der Waals surface area contributed by atoms with Crippen molar-refractivity contribution in [3.05, 3.63) is 45.2 Å². The lowest BCUT2D eigenvalue weighted by Crippen LogP contribution is -2.40. The van der Waals surface area contributed by atoms with Gasteiger partial charge in [-0.1, -0.05) is 5.16 Å². The normalized spacial score (nSPS) is 18.3. The Labute approximate surface area is 152 Å². The zero-order valence-electron chi connectivity index (χ0n) is 15.3. The highest BCUT2D eigenvalue weighted by atomic mass is 16.5. The van der Waals surface area contributed by atoms with E-state index in [9.17, 15) is 9.59 Å². The Morgan fingerprint density at radius 1 is 1.19 bits per heavy atom. The van der Waals surface area contributed by atoms with Crippen molar-refractivity contribution in [1.29, 1.82) is 0 Å². The highest BCUT2D eigenvalue weighted by Gasteiger charge is 2.29. The van der Waals surface area contributed by atoms with Crippen molar-refractivity contribution in [2.45, 2.75) is 52.0 Å². The predicted octanol–water partition coefficient (Wildman–Crippen LogP) is 2.28. The van der Waals surface area contributed by atoms with Gasteiger partial charge in [-0.05, 0) is 51.5 Å². The number of aromatic nitrogens is 3. The molecule has 2 aromatic rings. The molecular formula is C19H24N4O3. The maximum Gasteiger partial charge on any atom is 0.266 e. The Kier molecular flexibility index (Phi) is 4.38. The summed E-state index contributed by atoms with van der Waals surface area (Å²) in [5.74, 6) is 1.47. The molecule has 1 saturated heterocycles. The molecule has 3 heterocycles. The molecule has 2 fully saturated rings. The number of carbonyl (C=O) groups excluding carboxylic acids is 1. The van der Waals surface area contributed by atoms with E-state index in [-0.39, 0.29) is 11.5 Å². The van der Waals surface area contributed by atoms with Gasteiger partial charge in [0.25, 0.3) is 11.5 Å². The number of piperidine rings is 1. The summed E-state index contributed by atoms with van der Waals surface area (Å²) >= 11 is 0.